The summed E-state index contributed by atoms with van der Waals surface area (Å²) in [6.45, 7) is 7.79. The number of hydrogen-bond donors (Lipinski definition) is 3. The molecule has 0 aromatic heterocycles. The van der Waals surface area contributed by atoms with Crippen molar-refractivity contribution in [2.45, 2.75) is 20.3 Å². The van der Waals surface area contributed by atoms with Gasteiger partial charge in [0.1, 0.15) is 12.4 Å². The summed E-state index contributed by atoms with van der Waals surface area (Å²) >= 11 is 0. The number of rotatable bonds is 9. The highest BCUT2D eigenvalue weighted by atomic mass is 16.5. The molecule has 2 aromatic rings. The van der Waals surface area contributed by atoms with Gasteiger partial charge in [0.05, 0.1) is 6.54 Å². The molecule has 0 saturated carbocycles. The van der Waals surface area contributed by atoms with Gasteiger partial charge >= 0.3 is 0 Å². The van der Waals surface area contributed by atoms with Crippen LogP contribution in [0.3, 0.4) is 0 Å². The molecule has 0 saturated heterocycles. The van der Waals surface area contributed by atoms with Crippen molar-refractivity contribution in [3.05, 3.63) is 60.7 Å². The van der Waals surface area contributed by atoms with E-state index in [4.69, 9.17) is 4.74 Å². The third-order valence-corrected chi connectivity index (χ3v) is 3.86. The Morgan fingerprint density at radius 2 is 1.74 bits per heavy atom. The van der Waals surface area contributed by atoms with Crippen LogP contribution in [-0.2, 0) is 9.59 Å². The van der Waals surface area contributed by atoms with Crippen LogP contribution in [-0.4, -0.2) is 25.0 Å². The normalized spacial score (nSPS) is 10.0. The Morgan fingerprint density at radius 3 is 2.41 bits per heavy atom. The smallest absolute Gasteiger partial charge is 0.243 e. The Bertz CT molecular complexity index is 818. The van der Waals surface area contributed by atoms with Crippen molar-refractivity contribution in [2.75, 3.05) is 29.1 Å². The van der Waals surface area contributed by atoms with Crippen LogP contribution in [0.4, 0.5) is 17.1 Å². The van der Waals surface area contributed by atoms with Gasteiger partial charge in [0.25, 0.3) is 0 Å². The number of ether oxygens (including phenoxy) is 1. The van der Waals surface area contributed by atoms with Crippen molar-refractivity contribution < 1.29 is 14.3 Å². The molecule has 0 heterocycles. The molecule has 0 aliphatic heterocycles. The summed E-state index contributed by atoms with van der Waals surface area (Å²) in [7, 11) is 0. The highest BCUT2D eigenvalue weighted by Gasteiger charge is 2.09. The third kappa shape index (κ3) is 6.18. The summed E-state index contributed by atoms with van der Waals surface area (Å²) in [6, 6.07) is 12.8. The topological polar surface area (TPSA) is 79.5 Å². The van der Waals surface area contributed by atoms with E-state index in [1.165, 1.54) is 0 Å². The number of anilines is 3. The molecule has 6 heteroatoms. The summed E-state index contributed by atoms with van der Waals surface area (Å²) in [4.78, 5) is 23.9. The molecule has 0 bridgehead atoms. The molecule has 2 rings (SSSR count). The molecule has 0 radical (unpaired) electrons. The standard InChI is InChI=1S/C21H25N3O3/c1-4-12-27-17-9-6-8-16(13-17)22-14-21(26)24-19-11-7-10-18(15(19)3)23-20(25)5-2/h4,6-11,13,22H,1,5,12,14H2,2-3H3,(H,23,25)(H,24,26). The van der Waals surface area contributed by atoms with Crippen LogP contribution in [0.2, 0.25) is 0 Å². The highest BCUT2D eigenvalue weighted by Crippen LogP contribution is 2.23. The first-order chi connectivity index (χ1) is 13.0. The van der Waals surface area contributed by atoms with Crippen LogP contribution in [0.25, 0.3) is 0 Å². The highest BCUT2D eigenvalue weighted by molar-refractivity contribution is 5.97. The minimum Gasteiger partial charge on any atom is -0.489 e. The van der Waals surface area contributed by atoms with Crippen LogP contribution in [0.1, 0.15) is 18.9 Å². The first-order valence-corrected chi connectivity index (χ1v) is 8.80. The minimum atomic E-state index is -0.186. The molecule has 6 nitrogen and oxygen atoms in total. The quantitative estimate of drug-likeness (QED) is 0.586. The van der Waals surface area contributed by atoms with Crippen molar-refractivity contribution >= 4 is 28.9 Å². The Labute approximate surface area is 159 Å². The number of hydrogen-bond acceptors (Lipinski definition) is 4. The molecular formula is C21H25N3O3. The van der Waals surface area contributed by atoms with Gasteiger partial charge in [-0.25, -0.2) is 0 Å². The van der Waals surface area contributed by atoms with Crippen LogP contribution < -0.4 is 20.7 Å². The van der Waals surface area contributed by atoms with Gasteiger partial charge in [0, 0.05) is 29.5 Å². The average molecular weight is 367 g/mol. The molecule has 0 unspecified atom stereocenters. The van der Waals surface area contributed by atoms with Gasteiger partial charge in [-0.15, -0.1) is 0 Å². The Morgan fingerprint density at radius 1 is 1.07 bits per heavy atom. The molecule has 142 valence electrons. The van der Waals surface area contributed by atoms with Gasteiger partial charge in [0.2, 0.25) is 11.8 Å². The zero-order valence-electron chi connectivity index (χ0n) is 15.7. The Kier molecular flexibility index (Phi) is 7.43. The minimum absolute atomic E-state index is 0.0678. The molecule has 0 atom stereocenters. The largest absolute Gasteiger partial charge is 0.489 e. The fourth-order valence-corrected chi connectivity index (χ4v) is 2.37. The first-order valence-electron chi connectivity index (χ1n) is 8.80. The lowest BCUT2D eigenvalue weighted by molar-refractivity contribution is -0.116. The van der Waals surface area contributed by atoms with E-state index in [1.807, 2.05) is 37.3 Å². The zero-order chi connectivity index (χ0) is 19.6. The summed E-state index contributed by atoms with van der Waals surface area (Å²) in [5.74, 6) is 0.451. The summed E-state index contributed by atoms with van der Waals surface area (Å²) in [5, 5.41) is 8.76. The van der Waals surface area contributed by atoms with E-state index < -0.39 is 0 Å². The van der Waals surface area contributed by atoms with Crippen LogP contribution >= 0.6 is 0 Å². The molecule has 0 aliphatic rings. The van der Waals surface area contributed by atoms with Gasteiger partial charge < -0.3 is 20.7 Å². The predicted molar refractivity (Wildman–Crippen MR) is 109 cm³/mol. The molecule has 0 fully saturated rings. The summed E-state index contributed by atoms with van der Waals surface area (Å²) < 4.78 is 5.47. The number of carbonyl (C=O) groups excluding carboxylic acids is 2. The van der Waals surface area contributed by atoms with E-state index in [-0.39, 0.29) is 18.4 Å². The van der Waals surface area contributed by atoms with Crippen LogP contribution in [0.15, 0.2) is 55.1 Å². The second kappa shape index (κ2) is 10.0. The van der Waals surface area contributed by atoms with Crippen molar-refractivity contribution in [1.82, 2.24) is 0 Å². The van der Waals surface area contributed by atoms with Gasteiger partial charge in [-0.1, -0.05) is 31.7 Å². The van der Waals surface area contributed by atoms with Crippen molar-refractivity contribution in [3.63, 3.8) is 0 Å². The lowest BCUT2D eigenvalue weighted by Gasteiger charge is -2.14. The molecule has 3 N–H and O–H groups in total. The van der Waals surface area contributed by atoms with Crippen LogP contribution in [0.5, 0.6) is 5.75 Å². The van der Waals surface area contributed by atoms with Crippen molar-refractivity contribution in [3.8, 4) is 5.75 Å². The molecule has 2 amide bonds. The fourth-order valence-electron chi connectivity index (χ4n) is 2.37. The van der Waals surface area contributed by atoms with Gasteiger partial charge in [0.15, 0.2) is 0 Å². The third-order valence-electron chi connectivity index (χ3n) is 3.86. The predicted octanol–water partition coefficient (Wildman–Crippen LogP) is 3.96. The zero-order valence-corrected chi connectivity index (χ0v) is 15.7. The second-order valence-corrected chi connectivity index (χ2v) is 5.91. The molecule has 0 spiro atoms. The molecule has 27 heavy (non-hydrogen) atoms. The Balaban J connectivity index is 1.95. The van der Waals surface area contributed by atoms with E-state index in [2.05, 4.69) is 22.5 Å². The molecule has 0 aliphatic carbocycles. The lowest BCUT2D eigenvalue weighted by atomic mass is 10.1. The fraction of sp³-hybridized carbons (Fsp3) is 0.238. The number of benzene rings is 2. The SMILES string of the molecule is C=CCOc1cccc(NCC(=O)Nc2cccc(NC(=O)CC)c2C)c1. The first kappa shape index (κ1) is 20.0. The van der Waals surface area contributed by atoms with Crippen LogP contribution in [0, 0.1) is 6.92 Å². The van der Waals surface area contributed by atoms with Gasteiger partial charge in [-0.2, -0.15) is 0 Å². The summed E-state index contributed by atoms with van der Waals surface area (Å²) in [6.07, 6.45) is 2.07. The van der Waals surface area contributed by atoms with E-state index in [0.717, 1.165) is 11.3 Å². The monoisotopic (exact) mass is 367 g/mol. The maximum atomic E-state index is 12.3. The summed E-state index contributed by atoms with van der Waals surface area (Å²) in [5.41, 5.74) is 2.96. The van der Waals surface area contributed by atoms with Gasteiger partial charge in [-0.05, 0) is 36.8 Å². The molecule has 2 aromatic carbocycles. The average Bonchev–Trinajstić information content (AvgIpc) is 2.68. The van der Waals surface area contributed by atoms with Crippen molar-refractivity contribution in [2.24, 2.45) is 0 Å². The van der Waals surface area contributed by atoms with E-state index >= 15 is 0 Å². The van der Waals surface area contributed by atoms with E-state index in [1.54, 1.807) is 25.1 Å². The maximum absolute atomic E-state index is 12.3. The van der Waals surface area contributed by atoms with Gasteiger partial charge in [-0.3, -0.25) is 9.59 Å². The van der Waals surface area contributed by atoms with E-state index in [0.29, 0.717) is 30.2 Å². The number of amides is 2. The van der Waals surface area contributed by atoms with E-state index in [9.17, 15) is 9.59 Å². The number of carbonyl (C=O) groups is 2. The van der Waals surface area contributed by atoms with Crippen molar-refractivity contribution in [1.29, 1.82) is 0 Å². The Hall–Kier alpha value is -3.28. The second-order valence-electron chi connectivity index (χ2n) is 5.91. The number of nitrogens with one attached hydrogen (secondary N) is 3. The lowest BCUT2D eigenvalue weighted by Crippen LogP contribution is -2.22. The maximum Gasteiger partial charge on any atom is 0.243 e. The molecular weight excluding hydrogens is 342 g/mol.